The second kappa shape index (κ2) is 7.75. The van der Waals surface area contributed by atoms with Gasteiger partial charge in [-0.1, -0.05) is 29.8 Å². The van der Waals surface area contributed by atoms with Gasteiger partial charge in [0.1, 0.15) is 10.6 Å². The molecule has 0 bridgehead atoms. The highest BCUT2D eigenvalue weighted by Crippen LogP contribution is 2.38. The van der Waals surface area contributed by atoms with E-state index in [2.05, 4.69) is 10.3 Å². The number of carbonyl (C=O) groups is 2. The van der Waals surface area contributed by atoms with Crippen molar-refractivity contribution in [2.45, 2.75) is 6.92 Å². The van der Waals surface area contributed by atoms with Gasteiger partial charge in [-0.15, -0.1) is 22.7 Å². The van der Waals surface area contributed by atoms with Gasteiger partial charge in [-0.25, -0.2) is 18.6 Å². The minimum absolute atomic E-state index is 0.00626. The van der Waals surface area contributed by atoms with Crippen LogP contribution >= 0.6 is 34.3 Å². The molecule has 0 saturated heterocycles. The first kappa shape index (κ1) is 20.4. The molecule has 4 aromatic rings. The molecule has 0 spiro atoms. The fourth-order valence-electron chi connectivity index (χ4n) is 2.88. The zero-order chi connectivity index (χ0) is 21.6. The third-order valence-corrected chi connectivity index (χ3v) is 6.78. The van der Waals surface area contributed by atoms with Gasteiger partial charge < -0.3 is 10.4 Å². The molecule has 0 aliphatic rings. The van der Waals surface area contributed by atoms with Crippen LogP contribution in [-0.4, -0.2) is 22.0 Å². The van der Waals surface area contributed by atoms with Crippen molar-refractivity contribution in [2.75, 3.05) is 5.32 Å². The largest absolute Gasteiger partial charge is 0.478 e. The number of hydrogen-bond donors (Lipinski definition) is 2. The number of nitrogens with zero attached hydrogens (tertiary/aromatic N) is 1. The van der Waals surface area contributed by atoms with E-state index in [1.54, 1.807) is 18.2 Å². The van der Waals surface area contributed by atoms with E-state index in [4.69, 9.17) is 11.6 Å². The number of aromatic nitrogens is 1. The van der Waals surface area contributed by atoms with Crippen LogP contribution in [0, 0.1) is 18.6 Å². The van der Waals surface area contributed by atoms with E-state index in [1.807, 2.05) is 0 Å². The number of carboxylic acid groups (broad SMARTS) is 1. The van der Waals surface area contributed by atoms with Crippen molar-refractivity contribution in [3.05, 3.63) is 68.5 Å². The van der Waals surface area contributed by atoms with Crippen molar-refractivity contribution in [3.63, 3.8) is 0 Å². The Morgan fingerprint density at radius 3 is 2.60 bits per heavy atom. The fraction of sp³-hybridized carbons (Fsp3) is 0.0500. The number of thiazole rings is 1. The normalized spacial score (nSPS) is 11.1. The average molecular weight is 465 g/mol. The van der Waals surface area contributed by atoms with Crippen LogP contribution in [0.25, 0.3) is 21.3 Å². The van der Waals surface area contributed by atoms with E-state index < -0.39 is 23.5 Å². The molecule has 0 radical (unpaired) electrons. The highest BCUT2D eigenvalue weighted by atomic mass is 35.5. The van der Waals surface area contributed by atoms with Gasteiger partial charge in [-0.2, -0.15) is 0 Å². The Balaban J connectivity index is 1.73. The van der Waals surface area contributed by atoms with Crippen molar-refractivity contribution in [2.24, 2.45) is 0 Å². The lowest BCUT2D eigenvalue weighted by molar-refractivity contribution is 0.0699. The molecule has 2 aromatic carbocycles. The Hall–Kier alpha value is -2.88. The van der Waals surface area contributed by atoms with Gasteiger partial charge in [-0.3, -0.25) is 4.79 Å². The lowest BCUT2D eigenvalue weighted by atomic mass is 10.0. The third kappa shape index (κ3) is 3.45. The first-order valence-corrected chi connectivity index (χ1v) is 10.5. The maximum atomic E-state index is 14.4. The summed E-state index contributed by atoms with van der Waals surface area (Å²) in [5, 5.41) is 14.1. The van der Waals surface area contributed by atoms with Crippen LogP contribution in [0.2, 0.25) is 5.02 Å². The topological polar surface area (TPSA) is 79.3 Å². The van der Waals surface area contributed by atoms with Gasteiger partial charge in [0.2, 0.25) is 0 Å². The number of thiophene rings is 1. The molecular formula is C20H11ClF2N2O3S2. The molecule has 5 nitrogen and oxygen atoms in total. The van der Waals surface area contributed by atoms with Crippen LogP contribution in [0.3, 0.4) is 0 Å². The standard InChI is InChI=1S/C20H11ClF2N2O3S2/c1-8-5-6-9(15(23)14(8)22)10-7-29-18(13(10)20(27)28)25-17(26)19-24-12-4-2-3-11(21)16(12)30-19/h2-7H,1H3,(H,25,26)(H,27,28). The van der Waals surface area contributed by atoms with Crippen LogP contribution < -0.4 is 5.32 Å². The maximum Gasteiger partial charge on any atom is 0.339 e. The number of fused-ring (bicyclic) bond motifs is 1. The lowest BCUT2D eigenvalue weighted by Gasteiger charge is -2.07. The van der Waals surface area contributed by atoms with Crippen LogP contribution in [0.5, 0.6) is 0 Å². The Labute approximate surface area is 181 Å². The second-order valence-corrected chi connectivity index (χ2v) is 8.56. The summed E-state index contributed by atoms with van der Waals surface area (Å²) in [6, 6.07) is 7.75. The zero-order valence-electron chi connectivity index (χ0n) is 15.1. The number of carbonyl (C=O) groups excluding carboxylic acids is 1. The van der Waals surface area contributed by atoms with Crippen molar-refractivity contribution < 1.29 is 23.5 Å². The summed E-state index contributed by atoms with van der Waals surface area (Å²) in [4.78, 5) is 28.7. The highest BCUT2D eigenvalue weighted by molar-refractivity contribution is 7.21. The van der Waals surface area contributed by atoms with E-state index >= 15 is 0 Å². The molecule has 0 aliphatic carbocycles. The number of carboxylic acids is 1. The first-order chi connectivity index (χ1) is 14.3. The lowest BCUT2D eigenvalue weighted by Crippen LogP contribution is -2.13. The SMILES string of the molecule is Cc1ccc(-c2csc(NC(=O)c3nc4cccc(Cl)c4s3)c2C(=O)O)c(F)c1F. The molecule has 0 fully saturated rings. The number of rotatable bonds is 4. The average Bonchev–Trinajstić information content (AvgIpc) is 3.31. The molecule has 152 valence electrons. The Kier molecular flexibility index (Phi) is 5.27. The number of benzene rings is 2. The smallest absolute Gasteiger partial charge is 0.339 e. The molecule has 0 aliphatic heterocycles. The molecule has 0 atom stereocenters. The van der Waals surface area contributed by atoms with Crippen LogP contribution in [0.15, 0.2) is 35.7 Å². The van der Waals surface area contributed by atoms with Crippen molar-refractivity contribution in [3.8, 4) is 11.1 Å². The Bertz CT molecular complexity index is 1330. The molecule has 2 aromatic heterocycles. The zero-order valence-corrected chi connectivity index (χ0v) is 17.5. The Morgan fingerprint density at radius 2 is 1.90 bits per heavy atom. The van der Waals surface area contributed by atoms with Gasteiger partial charge in [0, 0.05) is 16.5 Å². The van der Waals surface area contributed by atoms with E-state index in [-0.39, 0.29) is 32.3 Å². The molecule has 4 rings (SSSR count). The number of hydrogen-bond acceptors (Lipinski definition) is 5. The molecule has 2 heterocycles. The minimum atomic E-state index is -1.38. The maximum absolute atomic E-state index is 14.4. The van der Waals surface area contributed by atoms with Crippen LogP contribution in [0.1, 0.15) is 25.7 Å². The van der Waals surface area contributed by atoms with Gasteiger partial charge in [0.15, 0.2) is 16.6 Å². The van der Waals surface area contributed by atoms with Crippen molar-refractivity contribution in [1.82, 2.24) is 4.98 Å². The summed E-state index contributed by atoms with van der Waals surface area (Å²) < 4.78 is 29.0. The fourth-order valence-corrected chi connectivity index (χ4v) is 4.98. The van der Waals surface area contributed by atoms with Crippen molar-refractivity contribution >= 4 is 61.4 Å². The number of anilines is 1. The Morgan fingerprint density at radius 1 is 1.13 bits per heavy atom. The van der Waals surface area contributed by atoms with Crippen molar-refractivity contribution in [1.29, 1.82) is 0 Å². The van der Waals surface area contributed by atoms with E-state index in [9.17, 15) is 23.5 Å². The summed E-state index contributed by atoms with van der Waals surface area (Å²) >= 11 is 8.08. The highest BCUT2D eigenvalue weighted by Gasteiger charge is 2.25. The van der Waals surface area contributed by atoms with Gasteiger partial charge in [0.25, 0.3) is 5.91 Å². The van der Waals surface area contributed by atoms with Crippen LogP contribution in [-0.2, 0) is 0 Å². The molecule has 30 heavy (non-hydrogen) atoms. The van der Waals surface area contributed by atoms with Gasteiger partial charge >= 0.3 is 5.97 Å². The summed E-state index contributed by atoms with van der Waals surface area (Å²) in [6.07, 6.45) is 0. The molecule has 0 saturated carbocycles. The predicted octanol–water partition coefficient (Wildman–Crippen LogP) is 6.22. The summed E-state index contributed by atoms with van der Waals surface area (Å²) in [7, 11) is 0. The first-order valence-electron chi connectivity index (χ1n) is 8.44. The number of aryl methyl sites for hydroxylation is 1. The molecule has 2 N–H and O–H groups in total. The van der Waals surface area contributed by atoms with E-state index in [0.29, 0.717) is 15.2 Å². The number of halogens is 3. The predicted molar refractivity (Wildman–Crippen MR) is 114 cm³/mol. The molecule has 1 amide bonds. The second-order valence-electron chi connectivity index (χ2n) is 6.28. The molecule has 10 heteroatoms. The minimum Gasteiger partial charge on any atom is -0.478 e. The molecular weight excluding hydrogens is 454 g/mol. The third-order valence-electron chi connectivity index (χ3n) is 4.36. The monoisotopic (exact) mass is 464 g/mol. The number of amides is 1. The van der Waals surface area contributed by atoms with Gasteiger partial charge in [0.05, 0.1) is 15.2 Å². The summed E-state index contributed by atoms with van der Waals surface area (Å²) in [5.41, 5.74) is 0.103. The summed E-state index contributed by atoms with van der Waals surface area (Å²) in [5.74, 6) is -4.20. The number of aromatic carboxylic acids is 1. The molecule has 0 unspecified atom stereocenters. The van der Waals surface area contributed by atoms with Crippen LogP contribution in [0.4, 0.5) is 13.8 Å². The van der Waals surface area contributed by atoms with Gasteiger partial charge in [-0.05, 0) is 24.6 Å². The summed E-state index contributed by atoms with van der Waals surface area (Å²) in [6.45, 7) is 1.41. The van der Waals surface area contributed by atoms with E-state index in [0.717, 1.165) is 22.7 Å². The quantitative estimate of drug-likeness (QED) is 0.376. The number of nitrogens with one attached hydrogen (secondary N) is 1. The van der Waals surface area contributed by atoms with E-state index in [1.165, 1.54) is 24.4 Å².